The Morgan fingerprint density at radius 2 is 1.55 bits per heavy atom. The summed E-state index contributed by atoms with van der Waals surface area (Å²) >= 11 is 0. The normalized spacial score (nSPS) is 16.4. The van der Waals surface area contributed by atoms with Crippen LogP contribution in [0.15, 0.2) is 84.9 Å². The second-order valence-corrected chi connectivity index (χ2v) is 14.8. The third-order valence-electron chi connectivity index (χ3n) is 10.5. The standard InChI is InChI=1S/C44H54N6O6/c1-29-17-19-32(20-18-29)28-47-41(53)35(14-10-23-46-44(45)56)27-40(52)37(26-34-22-21-33-13-6-7-15-36(33)34)49-42(54)39-16-8-9-24-50(39)43(55)38(48-30(2)51)25-31-11-4-3-5-12-31/h3-7,11-13,15,17-20,22,35,37-39H,8-10,14,16,21,23-28H2,1-2H3,(H,47,53)(H,48,51)(H,49,54)(H3,45,46,56)/t35-,37+,38+,39+/m1/s1. The molecule has 0 unspecified atom stereocenters. The van der Waals surface area contributed by atoms with Gasteiger partial charge in [0, 0.05) is 51.7 Å². The minimum absolute atomic E-state index is 0.148. The second kappa shape index (κ2) is 20.2. The average molecular weight is 763 g/mol. The Labute approximate surface area is 329 Å². The van der Waals surface area contributed by atoms with E-state index in [4.69, 9.17) is 5.73 Å². The van der Waals surface area contributed by atoms with Crippen LogP contribution in [0.5, 0.6) is 0 Å². The zero-order valence-corrected chi connectivity index (χ0v) is 32.4. The fourth-order valence-electron chi connectivity index (χ4n) is 7.55. The molecule has 12 heteroatoms. The molecule has 1 aliphatic heterocycles. The van der Waals surface area contributed by atoms with Crippen molar-refractivity contribution in [3.05, 3.63) is 113 Å². The highest BCUT2D eigenvalue weighted by atomic mass is 16.2. The van der Waals surface area contributed by atoms with E-state index in [1.54, 1.807) is 4.90 Å². The van der Waals surface area contributed by atoms with Crippen molar-refractivity contribution in [1.82, 2.24) is 26.2 Å². The molecule has 296 valence electrons. The molecule has 4 atom stereocenters. The number of allylic oxidation sites excluding steroid dienone is 1. The number of amides is 6. The third kappa shape index (κ3) is 11.9. The molecule has 2 aliphatic rings. The predicted molar refractivity (Wildman–Crippen MR) is 215 cm³/mol. The van der Waals surface area contributed by atoms with Crippen LogP contribution in [0.1, 0.15) is 79.7 Å². The van der Waals surface area contributed by atoms with Crippen LogP contribution in [0.25, 0.3) is 5.57 Å². The van der Waals surface area contributed by atoms with Crippen LogP contribution in [0.3, 0.4) is 0 Å². The molecule has 5 rings (SSSR count). The molecule has 1 saturated heterocycles. The Morgan fingerprint density at radius 3 is 2.29 bits per heavy atom. The first-order valence-corrected chi connectivity index (χ1v) is 19.6. The van der Waals surface area contributed by atoms with Gasteiger partial charge in [-0.15, -0.1) is 0 Å². The number of rotatable bonds is 18. The maximum absolute atomic E-state index is 14.4. The van der Waals surface area contributed by atoms with Crippen LogP contribution in [0.2, 0.25) is 0 Å². The highest BCUT2D eigenvalue weighted by Crippen LogP contribution is 2.31. The monoisotopic (exact) mass is 762 g/mol. The molecule has 0 saturated carbocycles. The number of urea groups is 1. The summed E-state index contributed by atoms with van der Waals surface area (Å²) < 4.78 is 0. The highest BCUT2D eigenvalue weighted by molar-refractivity contribution is 5.97. The summed E-state index contributed by atoms with van der Waals surface area (Å²) in [6.45, 7) is 4.20. The molecule has 6 N–H and O–H groups in total. The number of primary amides is 1. The molecule has 3 aromatic rings. The van der Waals surface area contributed by atoms with Gasteiger partial charge in [-0.05, 0) is 73.3 Å². The number of hydrogen-bond donors (Lipinski definition) is 5. The average Bonchev–Trinajstić information content (AvgIpc) is 3.60. The number of aryl methyl sites for hydroxylation is 1. The number of nitrogens with two attached hydrogens (primary N) is 1. The Balaban J connectivity index is 1.36. The summed E-state index contributed by atoms with van der Waals surface area (Å²) in [6, 6.07) is 21.8. The van der Waals surface area contributed by atoms with Gasteiger partial charge in [0.15, 0.2) is 5.78 Å². The molecule has 6 amide bonds. The maximum Gasteiger partial charge on any atom is 0.312 e. The van der Waals surface area contributed by atoms with Gasteiger partial charge in [-0.1, -0.05) is 90.5 Å². The largest absolute Gasteiger partial charge is 0.352 e. The first-order valence-electron chi connectivity index (χ1n) is 19.6. The molecule has 0 radical (unpaired) electrons. The molecule has 1 fully saturated rings. The fraction of sp³-hybridized carbons (Fsp3) is 0.409. The lowest BCUT2D eigenvalue weighted by Crippen LogP contribution is -2.59. The van der Waals surface area contributed by atoms with Crippen molar-refractivity contribution in [2.24, 2.45) is 11.7 Å². The number of fused-ring (bicyclic) bond motifs is 1. The number of Topliss-reactive ketones (excluding diaryl/α,β-unsaturated/α-hetero) is 1. The number of hydrogen-bond acceptors (Lipinski definition) is 6. The topological polar surface area (TPSA) is 180 Å². The van der Waals surface area contributed by atoms with Crippen LogP contribution < -0.4 is 27.0 Å². The van der Waals surface area contributed by atoms with E-state index < -0.39 is 36.0 Å². The van der Waals surface area contributed by atoms with Crippen molar-refractivity contribution in [2.75, 3.05) is 13.1 Å². The van der Waals surface area contributed by atoms with E-state index in [0.717, 1.165) is 33.4 Å². The molecule has 1 heterocycles. The van der Waals surface area contributed by atoms with Gasteiger partial charge in [0.05, 0.1) is 6.04 Å². The Hall–Kier alpha value is -5.78. The number of benzene rings is 3. The van der Waals surface area contributed by atoms with Crippen LogP contribution in [-0.4, -0.2) is 71.6 Å². The van der Waals surface area contributed by atoms with E-state index in [1.807, 2.05) is 85.8 Å². The van der Waals surface area contributed by atoms with Gasteiger partial charge >= 0.3 is 6.03 Å². The number of nitrogens with zero attached hydrogens (tertiary/aromatic N) is 1. The van der Waals surface area contributed by atoms with Crippen LogP contribution in [0.4, 0.5) is 4.79 Å². The smallest absolute Gasteiger partial charge is 0.312 e. The van der Waals surface area contributed by atoms with Crippen molar-refractivity contribution in [3.8, 4) is 0 Å². The zero-order valence-electron chi connectivity index (χ0n) is 32.4. The molecule has 0 spiro atoms. The summed E-state index contributed by atoms with van der Waals surface area (Å²) in [4.78, 5) is 81.7. The van der Waals surface area contributed by atoms with E-state index >= 15 is 0 Å². The first kappa shape index (κ1) is 41.4. The molecule has 12 nitrogen and oxygen atoms in total. The number of carbonyl (C=O) groups is 6. The third-order valence-corrected chi connectivity index (χ3v) is 10.5. The first-order chi connectivity index (χ1) is 27.0. The van der Waals surface area contributed by atoms with Crippen molar-refractivity contribution in [3.63, 3.8) is 0 Å². The van der Waals surface area contributed by atoms with Gasteiger partial charge in [0.2, 0.25) is 23.6 Å². The Bertz CT molecular complexity index is 1900. The SMILES string of the molecule is CC(=O)N[C@@H](Cc1ccccc1)C(=O)N1CCCC[C@H]1C(=O)N[C@@H](CC1=CCc2ccccc21)C(=O)C[C@@H](CCCNC(N)=O)C(=O)NCc1ccc(C)cc1. The maximum atomic E-state index is 14.4. The van der Waals surface area contributed by atoms with E-state index in [-0.39, 0.29) is 55.9 Å². The number of carbonyl (C=O) groups excluding carboxylic acids is 6. The summed E-state index contributed by atoms with van der Waals surface area (Å²) in [7, 11) is 0. The number of ketones is 1. The molecule has 0 aromatic heterocycles. The predicted octanol–water partition coefficient (Wildman–Crippen LogP) is 4.28. The summed E-state index contributed by atoms with van der Waals surface area (Å²) in [5.74, 6) is -2.51. The van der Waals surface area contributed by atoms with Crippen molar-refractivity contribution >= 4 is 41.0 Å². The van der Waals surface area contributed by atoms with Gasteiger partial charge in [-0.25, -0.2) is 4.79 Å². The molecule has 56 heavy (non-hydrogen) atoms. The zero-order chi connectivity index (χ0) is 40.0. The summed E-state index contributed by atoms with van der Waals surface area (Å²) in [6.07, 6.45) is 5.62. The van der Waals surface area contributed by atoms with Gasteiger partial charge in [0.1, 0.15) is 12.1 Å². The quantitative estimate of drug-likeness (QED) is 0.121. The molecule has 3 aromatic carbocycles. The lowest BCUT2D eigenvalue weighted by Gasteiger charge is -2.37. The fourth-order valence-corrected chi connectivity index (χ4v) is 7.55. The lowest BCUT2D eigenvalue weighted by atomic mass is 9.89. The van der Waals surface area contributed by atoms with Crippen LogP contribution in [-0.2, 0) is 43.4 Å². The number of nitrogens with one attached hydrogen (secondary N) is 4. The number of likely N-dealkylation sites (tertiary alicyclic amines) is 1. The Kier molecular flexibility index (Phi) is 14.9. The second-order valence-electron chi connectivity index (χ2n) is 14.8. The van der Waals surface area contributed by atoms with Gasteiger partial charge in [-0.3, -0.25) is 24.0 Å². The van der Waals surface area contributed by atoms with Gasteiger partial charge in [-0.2, -0.15) is 0 Å². The molecule has 0 bridgehead atoms. The van der Waals surface area contributed by atoms with E-state index in [1.165, 1.54) is 6.92 Å². The van der Waals surface area contributed by atoms with E-state index in [0.29, 0.717) is 45.1 Å². The molecular formula is C44H54N6O6. The minimum atomic E-state index is -0.981. The van der Waals surface area contributed by atoms with Crippen LogP contribution in [0, 0.1) is 12.8 Å². The van der Waals surface area contributed by atoms with Crippen molar-refractivity contribution < 1.29 is 28.8 Å². The van der Waals surface area contributed by atoms with Crippen molar-refractivity contribution in [2.45, 2.75) is 96.3 Å². The molecule has 1 aliphatic carbocycles. The van der Waals surface area contributed by atoms with Gasteiger partial charge < -0.3 is 31.9 Å². The number of piperidine rings is 1. The van der Waals surface area contributed by atoms with E-state index in [9.17, 15) is 28.8 Å². The summed E-state index contributed by atoms with van der Waals surface area (Å²) in [5.41, 5.74) is 11.2. The minimum Gasteiger partial charge on any atom is -0.352 e. The summed E-state index contributed by atoms with van der Waals surface area (Å²) in [5, 5.41) is 11.3. The van der Waals surface area contributed by atoms with E-state index in [2.05, 4.69) is 27.3 Å². The molecular weight excluding hydrogens is 709 g/mol. The Morgan fingerprint density at radius 1 is 0.821 bits per heavy atom. The highest BCUT2D eigenvalue weighted by Gasteiger charge is 2.38. The van der Waals surface area contributed by atoms with Gasteiger partial charge in [0.25, 0.3) is 0 Å². The van der Waals surface area contributed by atoms with Crippen LogP contribution >= 0.6 is 0 Å². The van der Waals surface area contributed by atoms with Crippen molar-refractivity contribution in [1.29, 1.82) is 0 Å². The lowest BCUT2D eigenvalue weighted by molar-refractivity contribution is -0.145.